The molecule has 0 bridgehead atoms. The van der Waals surface area contributed by atoms with E-state index in [0.717, 1.165) is 16.9 Å². The van der Waals surface area contributed by atoms with Crippen molar-refractivity contribution in [3.63, 3.8) is 0 Å². The van der Waals surface area contributed by atoms with Crippen LogP contribution in [0.5, 0.6) is 5.75 Å². The first-order valence-corrected chi connectivity index (χ1v) is 8.72. The number of benzene rings is 2. The summed E-state index contributed by atoms with van der Waals surface area (Å²) in [6.45, 7) is 2.94. The lowest BCUT2D eigenvalue weighted by atomic mass is 10.1. The molecular formula is C21H26N2O4. The van der Waals surface area contributed by atoms with Crippen LogP contribution in [0.15, 0.2) is 48.5 Å². The molecule has 0 saturated carbocycles. The third kappa shape index (κ3) is 5.82. The van der Waals surface area contributed by atoms with Gasteiger partial charge in [-0.15, -0.1) is 0 Å². The van der Waals surface area contributed by atoms with E-state index in [4.69, 9.17) is 4.74 Å². The quantitative estimate of drug-likeness (QED) is 0.724. The molecule has 6 nitrogen and oxygen atoms in total. The molecule has 2 aromatic carbocycles. The van der Waals surface area contributed by atoms with Gasteiger partial charge in [0.25, 0.3) is 0 Å². The fourth-order valence-electron chi connectivity index (χ4n) is 2.57. The van der Waals surface area contributed by atoms with E-state index in [-0.39, 0.29) is 17.9 Å². The summed E-state index contributed by atoms with van der Waals surface area (Å²) in [4.78, 5) is 25.8. The minimum Gasteiger partial charge on any atom is -0.497 e. The zero-order chi connectivity index (χ0) is 19.8. The summed E-state index contributed by atoms with van der Waals surface area (Å²) in [7, 11) is 4.90. The smallest absolute Gasteiger partial charge is 0.337 e. The normalized spacial score (nSPS) is 11.7. The first-order chi connectivity index (χ1) is 12.9. The van der Waals surface area contributed by atoms with Crippen LogP contribution >= 0.6 is 0 Å². The third-order valence-corrected chi connectivity index (χ3v) is 4.47. The lowest BCUT2D eigenvalue weighted by molar-refractivity contribution is -0.125. The Morgan fingerprint density at radius 1 is 1.00 bits per heavy atom. The first-order valence-electron chi connectivity index (χ1n) is 8.72. The molecule has 1 N–H and O–H groups in total. The van der Waals surface area contributed by atoms with Gasteiger partial charge >= 0.3 is 5.97 Å². The summed E-state index contributed by atoms with van der Waals surface area (Å²) in [6, 6.07) is 14.5. The van der Waals surface area contributed by atoms with Gasteiger partial charge in [-0.1, -0.05) is 24.3 Å². The second kappa shape index (κ2) is 9.73. The number of nitrogens with zero attached hydrogens (tertiary/aromatic N) is 1. The molecule has 2 rings (SSSR count). The van der Waals surface area contributed by atoms with Crippen molar-refractivity contribution < 1.29 is 19.1 Å². The largest absolute Gasteiger partial charge is 0.497 e. The first kappa shape index (κ1) is 20.5. The van der Waals surface area contributed by atoms with Gasteiger partial charge in [-0.05, 0) is 49.4 Å². The highest BCUT2D eigenvalue weighted by atomic mass is 16.5. The predicted octanol–water partition coefficient (Wildman–Crippen LogP) is 2.62. The summed E-state index contributed by atoms with van der Waals surface area (Å²) < 4.78 is 9.83. The van der Waals surface area contributed by atoms with Crippen LogP contribution < -0.4 is 10.1 Å². The molecule has 0 aliphatic heterocycles. The number of nitrogens with one attached hydrogen (secondary N) is 1. The molecule has 0 aliphatic rings. The zero-order valence-corrected chi connectivity index (χ0v) is 16.2. The molecule has 0 aromatic heterocycles. The third-order valence-electron chi connectivity index (χ3n) is 4.47. The highest BCUT2D eigenvalue weighted by molar-refractivity contribution is 5.89. The van der Waals surface area contributed by atoms with Gasteiger partial charge in [0, 0.05) is 13.1 Å². The van der Waals surface area contributed by atoms with Crippen LogP contribution in [-0.4, -0.2) is 44.1 Å². The minimum atomic E-state index is -0.376. The highest BCUT2D eigenvalue weighted by Crippen LogP contribution is 2.13. The Kier molecular flexibility index (Phi) is 7.37. The van der Waals surface area contributed by atoms with Gasteiger partial charge in [-0.3, -0.25) is 9.69 Å². The predicted molar refractivity (Wildman–Crippen MR) is 104 cm³/mol. The van der Waals surface area contributed by atoms with E-state index in [0.29, 0.717) is 18.7 Å². The van der Waals surface area contributed by atoms with Crippen LogP contribution in [0.3, 0.4) is 0 Å². The van der Waals surface area contributed by atoms with Crippen molar-refractivity contribution in [1.29, 1.82) is 0 Å². The fourth-order valence-corrected chi connectivity index (χ4v) is 2.57. The Morgan fingerprint density at radius 2 is 1.59 bits per heavy atom. The number of rotatable bonds is 8. The maximum Gasteiger partial charge on any atom is 0.337 e. The maximum atomic E-state index is 12.4. The van der Waals surface area contributed by atoms with E-state index in [1.807, 2.05) is 43.1 Å². The highest BCUT2D eigenvalue weighted by Gasteiger charge is 2.18. The molecule has 0 aliphatic carbocycles. The number of methoxy groups -OCH3 is 2. The molecule has 0 spiro atoms. The molecule has 0 heterocycles. The van der Waals surface area contributed by atoms with Gasteiger partial charge in [0.15, 0.2) is 0 Å². The number of likely N-dealkylation sites (N-methyl/N-ethyl adjacent to an activating group) is 1. The summed E-state index contributed by atoms with van der Waals surface area (Å²) in [6.07, 6.45) is 0. The number of hydrogen-bond donors (Lipinski definition) is 1. The van der Waals surface area contributed by atoms with E-state index in [1.165, 1.54) is 7.11 Å². The number of esters is 1. The van der Waals surface area contributed by atoms with Gasteiger partial charge in [0.05, 0.1) is 25.8 Å². The van der Waals surface area contributed by atoms with Crippen LogP contribution in [0.1, 0.15) is 28.4 Å². The standard InChI is InChI=1S/C21H26N2O4/c1-15(23(2)14-17-7-11-19(26-3)12-8-17)20(24)22-13-16-5-9-18(10-6-16)21(25)27-4/h5-12,15H,13-14H2,1-4H3,(H,22,24). The molecule has 0 saturated heterocycles. The monoisotopic (exact) mass is 370 g/mol. The molecule has 144 valence electrons. The van der Waals surface area contributed by atoms with Crippen LogP contribution in [0.4, 0.5) is 0 Å². The topological polar surface area (TPSA) is 67.9 Å². The lowest BCUT2D eigenvalue weighted by Crippen LogP contribution is -2.42. The Labute approximate surface area is 160 Å². The van der Waals surface area contributed by atoms with Crippen LogP contribution in [0.2, 0.25) is 0 Å². The van der Waals surface area contributed by atoms with E-state index in [1.54, 1.807) is 31.4 Å². The Bertz CT molecular complexity index is 757. The van der Waals surface area contributed by atoms with E-state index in [9.17, 15) is 9.59 Å². The molecule has 0 radical (unpaired) electrons. The number of carbonyl (C=O) groups is 2. The van der Waals surface area contributed by atoms with Gasteiger partial charge in [-0.2, -0.15) is 0 Å². The molecule has 27 heavy (non-hydrogen) atoms. The Hall–Kier alpha value is -2.86. The summed E-state index contributed by atoms with van der Waals surface area (Å²) in [5, 5.41) is 2.93. The lowest BCUT2D eigenvalue weighted by Gasteiger charge is -2.24. The molecular weight excluding hydrogens is 344 g/mol. The molecule has 2 aromatic rings. The van der Waals surface area contributed by atoms with Crippen LogP contribution in [0.25, 0.3) is 0 Å². The van der Waals surface area contributed by atoms with Crippen LogP contribution in [-0.2, 0) is 22.6 Å². The van der Waals surface area contributed by atoms with Gasteiger partial charge in [0.1, 0.15) is 5.75 Å². The molecule has 1 atom stereocenters. The number of ether oxygens (including phenoxy) is 2. The van der Waals surface area contributed by atoms with Crippen molar-refractivity contribution in [2.75, 3.05) is 21.3 Å². The molecule has 6 heteroatoms. The molecule has 0 fully saturated rings. The summed E-state index contributed by atoms with van der Waals surface area (Å²) in [5.41, 5.74) is 2.51. The number of hydrogen-bond acceptors (Lipinski definition) is 5. The zero-order valence-electron chi connectivity index (χ0n) is 16.2. The van der Waals surface area contributed by atoms with Crippen molar-refractivity contribution in [3.8, 4) is 5.75 Å². The van der Waals surface area contributed by atoms with Crippen molar-refractivity contribution in [1.82, 2.24) is 10.2 Å². The second-order valence-corrected chi connectivity index (χ2v) is 6.35. The fraction of sp³-hybridized carbons (Fsp3) is 0.333. The van der Waals surface area contributed by atoms with Crippen molar-refractivity contribution >= 4 is 11.9 Å². The summed E-state index contributed by atoms with van der Waals surface area (Å²) >= 11 is 0. The average Bonchev–Trinajstić information content (AvgIpc) is 2.71. The summed E-state index contributed by atoms with van der Waals surface area (Å²) in [5.74, 6) is 0.382. The SMILES string of the molecule is COC(=O)c1ccc(CNC(=O)C(C)N(C)Cc2ccc(OC)cc2)cc1. The van der Waals surface area contributed by atoms with E-state index < -0.39 is 0 Å². The molecule has 1 amide bonds. The average molecular weight is 370 g/mol. The van der Waals surface area contributed by atoms with Gasteiger partial charge < -0.3 is 14.8 Å². The Balaban J connectivity index is 1.85. The van der Waals surface area contributed by atoms with Crippen LogP contribution in [0, 0.1) is 0 Å². The Morgan fingerprint density at radius 3 is 2.15 bits per heavy atom. The van der Waals surface area contributed by atoms with E-state index >= 15 is 0 Å². The molecule has 1 unspecified atom stereocenters. The van der Waals surface area contributed by atoms with E-state index in [2.05, 4.69) is 10.1 Å². The van der Waals surface area contributed by atoms with Crippen molar-refractivity contribution in [2.24, 2.45) is 0 Å². The minimum absolute atomic E-state index is 0.0527. The van der Waals surface area contributed by atoms with Crippen molar-refractivity contribution in [2.45, 2.75) is 26.1 Å². The van der Waals surface area contributed by atoms with Crippen molar-refractivity contribution in [3.05, 3.63) is 65.2 Å². The van der Waals surface area contributed by atoms with Gasteiger partial charge in [-0.25, -0.2) is 4.79 Å². The second-order valence-electron chi connectivity index (χ2n) is 6.35. The van der Waals surface area contributed by atoms with Gasteiger partial charge in [0.2, 0.25) is 5.91 Å². The maximum absolute atomic E-state index is 12.4. The number of amides is 1. The number of carbonyl (C=O) groups excluding carboxylic acids is 2.